The molecule has 0 atom stereocenters. The molecule has 0 aliphatic rings. The molecule has 0 bridgehead atoms. The molecule has 28 heavy (non-hydrogen) atoms. The molecule has 0 aliphatic carbocycles. The summed E-state index contributed by atoms with van der Waals surface area (Å²) in [5, 5.41) is 4.56. The SMILES string of the molecule is CCOP(=O)(C[n+]1c(SC)sc(NCc2ccccc2)c1N(C)C)OCC.[Cl-]. The van der Waals surface area contributed by atoms with Gasteiger partial charge in [0.15, 0.2) is 11.3 Å². The third-order valence-corrected chi connectivity index (χ3v) is 7.91. The Morgan fingerprint density at radius 2 is 1.79 bits per heavy atom. The van der Waals surface area contributed by atoms with E-state index in [0.29, 0.717) is 13.2 Å². The lowest BCUT2D eigenvalue weighted by Crippen LogP contribution is -3.00. The number of hydrogen-bond acceptors (Lipinski definition) is 7. The van der Waals surface area contributed by atoms with Gasteiger partial charge in [0, 0.05) is 6.54 Å². The monoisotopic (exact) mass is 465 g/mol. The minimum atomic E-state index is -3.21. The van der Waals surface area contributed by atoms with Gasteiger partial charge in [-0.3, -0.25) is 9.46 Å². The predicted octanol–water partition coefficient (Wildman–Crippen LogP) is 1.66. The highest BCUT2D eigenvalue weighted by Crippen LogP contribution is 2.50. The van der Waals surface area contributed by atoms with E-state index in [4.69, 9.17) is 9.05 Å². The van der Waals surface area contributed by atoms with E-state index in [1.54, 1.807) is 23.1 Å². The van der Waals surface area contributed by atoms with E-state index in [1.165, 1.54) is 5.56 Å². The van der Waals surface area contributed by atoms with Crippen molar-refractivity contribution in [3.05, 3.63) is 35.9 Å². The van der Waals surface area contributed by atoms with Gasteiger partial charge in [-0.15, -0.1) is 0 Å². The number of thiazole rings is 1. The van der Waals surface area contributed by atoms with Crippen LogP contribution in [0.25, 0.3) is 0 Å². The summed E-state index contributed by atoms with van der Waals surface area (Å²) < 4.78 is 27.2. The molecule has 10 heteroatoms. The first-order valence-corrected chi connectivity index (χ1v) is 12.6. The number of halogens is 1. The second-order valence-corrected chi connectivity index (χ2v) is 10.0. The second-order valence-electron chi connectivity index (χ2n) is 5.97. The summed E-state index contributed by atoms with van der Waals surface area (Å²) in [4.78, 5) is 2.03. The number of aromatic nitrogens is 1. The Labute approximate surface area is 182 Å². The molecule has 0 unspecified atom stereocenters. The molecule has 1 aromatic carbocycles. The van der Waals surface area contributed by atoms with Crippen molar-refractivity contribution in [3.8, 4) is 0 Å². The maximum Gasteiger partial charge on any atom is 0.372 e. The number of hydrogen-bond donors (Lipinski definition) is 1. The van der Waals surface area contributed by atoms with Crippen molar-refractivity contribution in [1.29, 1.82) is 0 Å². The minimum Gasteiger partial charge on any atom is -1.00 e. The fraction of sp³-hybridized carbons (Fsp3) is 0.500. The summed E-state index contributed by atoms with van der Waals surface area (Å²) in [7, 11) is 0.768. The first-order chi connectivity index (χ1) is 12.9. The van der Waals surface area contributed by atoms with Crippen LogP contribution in [0.2, 0.25) is 0 Å². The summed E-state index contributed by atoms with van der Waals surface area (Å²) in [6.07, 6.45) is 2.22. The lowest BCUT2D eigenvalue weighted by molar-refractivity contribution is -0.697. The predicted molar refractivity (Wildman–Crippen MR) is 115 cm³/mol. The number of nitrogens with zero attached hydrogens (tertiary/aromatic N) is 2. The minimum absolute atomic E-state index is 0. The summed E-state index contributed by atoms with van der Waals surface area (Å²) in [6.45, 7) is 5.10. The van der Waals surface area contributed by atoms with Gasteiger partial charge in [0.05, 0.1) is 27.3 Å². The standard InChI is InChI=1S/C18H29N3O3PS2.ClH/c1-6-23-25(22,24-7-2)14-21-17(20(3)4)16(27-18(21)26-5)19-13-15-11-9-8-10-12-15;/h8-12,19H,6-7,13-14H2,1-5H3;1H/q+1;/p-1. The van der Waals surface area contributed by atoms with Crippen molar-refractivity contribution in [3.63, 3.8) is 0 Å². The molecular formula is C18H29ClN3O3PS2. The van der Waals surface area contributed by atoms with E-state index in [9.17, 15) is 4.57 Å². The molecule has 1 heterocycles. The molecule has 0 fully saturated rings. The van der Waals surface area contributed by atoms with Gasteiger partial charge in [-0.05, 0) is 25.7 Å². The molecule has 6 nitrogen and oxygen atoms in total. The van der Waals surface area contributed by atoms with Crippen LogP contribution in [0, 0.1) is 0 Å². The number of rotatable bonds is 11. The molecule has 0 saturated heterocycles. The summed E-state index contributed by atoms with van der Waals surface area (Å²) in [6, 6.07) is 10.3. The maximum absolute atomic E-state index is 13.1. The van der Waals surface area contributed by atoms with Gasteiger partial charge in [0.2, 0.25) is 4.34 Å². The molecule has 0 amide bonds. The van der Waals surface area contributed by atoms with Crippen molar-refractivity contribution in [1.82, 2.24) is 0 Å². The number of thioether (sulfide) groups is 1. The Balaban J connectivity index is 0.00000392. The molecule has 0 aliphatic heterocycles. The number of benzene rings is 1. The van der Waals surface area contributed by atoms with Crippen molar-refractivity contribution in [2.45, 2.75) is 31.0 Å². The summed E-state index contributed by atoms with van der Waals surface area (Å²) in [5.41, 5.74) is 1.21. The fourth-order valence-corrected chi connectivity index (χ4v) is 6.45. The van der Waals surface area contributed by atoms with Crippen LogP contribution in [0.4, 0.5) is 10.8 Å². The summed E-state index contributed by atoms with van der Waals surface area (Å²) >= 11 is 3.28. The van der Waals surface area contributed by atoms with Crippen LogP contribution in [-0.2, 0) is 26.4 Å². The zero-order chi connectivity index (χ0) is 19.9. The van der Waals surface area contributed by atoms with E-state index in [1.807, 2.05) is 61.9 Å². The van der Waals surface area contributed by atoms with Gasteiger partial charge in [-0.2, -0.15) is 4.57 Å². The molecule has 1 aromatic heterocycles. The van der Waals surface area contributed by atoms with E-state index < -0.39 is 7.60 Å². The first-order valence-electron chi connectivity index (χ1n) is 8.88. The van der Waals surface area contributed by atoms with Crippen molar-refractivity contribution in [2.75, 3.05) is 43.8 Å². The second kappa shape index (κ2) is 12.1. The summed E-state index contributed by atoms with van der Waals surface area (Å²) in [5.74, 6) is 0.972. The number of nitrogens with one attached hydrogen (secondary N) is 1. The third kappa shape index (κ3) is 6.65. The van der Waals surface area contributed by atoms with Crippen LogP contribution < -0.4 is 27.2 Å². The zero-order valence-corrected chi connectivity index (χ0v) is 20.3. The Kier molecular flexibility index (Phi) is 10.9. The average Bonchev–Trinajstić information content (AvgIpc) is 2.98. The molecule has 1 N–H and O–H groups in total. The van der Waals surface area contributed by atoms with Gasteiger partial charge >= 0.3 is 13.4 Å². The molecule has 0 spiro atoms. The highest BCUT2D eigenvalue weighted by molar-refractivity contribution is 8.00. The van der Waals surface area contributed by atoms with Crippen molar-refractivity contribution < 1.29 is 30.6 Å². The highest BCUT2D eigenvalue weighted by Gasteiger charge is 2.34. The van der Waals surface area contributed by atoms with Crippen molar-refractivity contribution in [2.24, 2.45) is 0 Å². The molecule has 158 valence electrons. The largest absolute Gasteiger partial charge is 1.00 e. The molecule has 2 rings (SSSR count). The van der Waals surface area contributed by atoms with Crippen LogP contribution in [0.1, 0.15) is 19.4 Å². The Bertz CT molecular complexity index is 765. The van der Waals surface area contributed by atoms with Crippen LogP contribution >= 0.6 is 30.7 Å². The van der Waals surface area contributed by atoms with E-state index in [-0.39, 0.29) is 18.7 Å². The Morgan fingerprint density at radius 3 is 2.29 bits per heavy atom. The molecule has 0 saturated carbocycles. The lowest BCUT2D eigenvalue weighted by atomic mass is 10.2. The third-order valence-electron chi connectivity index (χ3n) is 3.73. The van der Waals surface area contributed by atoms with Gasteiger partial charge in [0.25, 0.3) is 0 Å². The average molecular weight is 466 g/mol. The Morgan fingerprint density at radius 1 is 1.18 bits per heavy atom. The van der Waals surface area contributed by atoms with Crippen LogP contribution in [-0.4, -0.2) is 33.6 Å². The van der Waals surface area contributed by atoms with E-state index in [0.717, 1.165) is 21.7 Å². The lowest BCUT2D eigenvalue weighted by Gasteiger charge is -2.17. The smallest absolute Gasteiger partial charge is 0.372 e. The van der Waals surface area contributed by atoms with Crippen molar-refractivity contribution >= 4 is 41.5 Å². The van der Waals surface area contributed by atoms with Crippen LogP contribution in [0.5, 0.6) is 0 Å². The van der Waals surface area contributed by atoms with Crippen LogP contribution in [0.3, 0.4) is 0 Å². The fourth-order valence-electron chi connectivity index (χ4n) is 2.70. The van der Waals surface area contributed by atoms with Crippen LogP contribution in [0.15, 0.2) is 34.7 Å². The molecule has 0 radical (unpaired) electrons. The maximum atomic E-state index is 13.1. The highest BCUT2D eigenvalue weighted by atomic mass is 35.5. The first kappa shape index (κ1) is 25.3. The van der Waals surface area contributed by atoms with E-state index >= 15 is 0 Å². The Hall–Kier alpha value is -0.760. The molecular weight excluding hydrogens is 437 g/mol. The van der Waals surface area contributed by atoms with Gasteiger partial charge < -0.3 is 26.8 Å². The molecule has 2 aromatic rings. The van der Waals surface area contributed by atoms with Gasteiger partial charge in [-0.1, -0.05) is 53.4 Å². The number of anilines is 2. The van der Waals surface area contributed by atoms with Gasteiger partial charge in [0.1, 0.15) is 0 Å². The normalized spacial score (nSPS) is 11.2. The van der Waals surface area contributed by atoms with Gasteiger partial charge in [-0.25, -0.2) is 0 Å². The van der Waals surface area contributed by atoms with E-state index in [2.05, 4.69) is 17.4 Å². The quantitative estimate of drug-likeness (QED) is 0.309. The topological polar surface area (TPSA) is 54.7 Å². The zero-order valence-electron chi connectivity index (χ0n) is 17.0.